The lowest BCUT2D eigenvalue weighted by atomic mass is 9.86. The molecule has 0 bridgehead atoms. The molecule has 1 unspecified atom stereocenters. The normalized spacial score (nSPS) is 15.0. The molecule has 128 valence electrons. The van der Waals surface area contributed by atoms with E-state index in [0.29, 0.717) is 6.54 Å². The molecule has 0 aliphatic heterocycles. The molecule has 0 saturated carbocycles. The van der Waals surface area contributed by atoms with Gasteiger partial charge in [-0.2, -0.15) is 5.10 Å². The smallest absolute Gasteiger partial charge is 0.0926 e. The van der Waals surface area contributed by atoms with Crippen LogP contribution in [0.25, 0.3) is 11.3 Å². The number of aromatic nitrogens is 2. The molecular weight excluding hydrogens is 306 g/mol. The highest BCUT2D eigenvalue weighted by atomic mass is 15.3. The van der Waals surface area contributed by atoms with E-state index in [1.807, 2.05) is 29.9 Å². The summed E-state index contributed by atoms with van der Waals surface area (Å²) in [4.78, 5) is 0. The Bertz CT molecular complexity index is 864. The van der Waals surface area contributed by atoms with Gasteiger partial charge in [0.2, 0.25) is 0 Å². The van der Waals surface area contributed by atoms with Crippen LogP contribution in [0.4, 0.5) is 0 Å². The second kappa shape index (κ2) is 6.85. The summed E-state index contributed by atoms with van der Waals surface area (Å²) in [5.41, 5.74) is 13.9. The van der Waals surface area contributed by atoms with Crippen molar-refractivity contribution in [2.24, 2.45) is 12.8 Å². The zero-order valence-corrected chi connectivity index (χ0v) is 14.8. The van der Waals surface area contributed by atoms with Crippen molar-refractivity contribution in [1.29, 1.82) is 0 Å². The van der Waals surface area contributed by atoms with Gasteiger partial charge >= 0.3 is 0 Å². The minimum Gasteiger partial charge on any atom is -0.329 e. The summed E-state index contributed by atoms with van der Waals surface area (Å²) in [5, 5.41) is 4.72. The third-order valence-electron chi connectivity index (χ3n) is 5.35. The Balaban J connectivity index is 1.71. The van der Waals surface area contributed by atoms with Crippen LogP contribution in [0.15, 0.2) is 54.6 Å². The molecule has 1 aromatic heterocycles. The second-order valence-electron chi connectivity index (χ2n) is 6.97. The second-order valence-corrected chi connectivity index (χ2v) is 6.97. The molecule has 0 radical (unpaired) electrons. The van der Waals surface area contributed by atoms with E-state index in [4.69, 9.17) is 10.8 Å². The van der Waals surface area contributed by atoms with Gasteiger partial charge in [0.1, 0.15) is 0 Å². The number of fused-ring (bicyclic) bond motifs is 1. The molecule has 1 aliphatic carbocycles. The summed E-state index contributed by atoms with van der Waals surface area (Å²) in [6.45, 7) is 0.590. The van der Waals surface area contributed by atoms with E-state index in [1.54, 1.807) is 0 Å². The van der Waals surface area contributed by atoms with Gasteiger partial charge in [-0.05, 0) is 48.4 Å². The molecule has 1 aliphatic rings. The third kappa shape index (κ3) is 3.12. The van der Waals surface area contributed by atoms with Crippen LogP contribution in [0.5, 0.6) is 0 Å². The average Bonchev–Trinajstić information content (AvgIpc) is 3.05. The van der Waals surface area contributed by atoms with E-state index < -0.39 is 0 Å². The zero-order chi connectivity index (χ0) is 17.2. The summed E-state index contributed by atoms with van der Waals surface area (Å²) in [6, 6.07) is 19.5. The Morgan fingerprint density at radius 3 is 2.52 bits per heavy atom. The molecule has 3 heteroatoms. The van der Waals surface area contributed by atoms with Gasteiger partial charge in [-0.25, -0.2) is 0 Å². The monoisotopic (exact) mass is 331 g/mol. The number of aryl methyl sites for hydroxylation is 3. The number of nitrogens with two attached hydrogens (primary N) is 1. The fourth-order valence-corrected chi connectivity index (χ4v) is 3.96. The first-order valence-corrected chi connectivity index (χ1v) is 9.17. The predicted molar refractivity (Wildman–Crippen MR) is 103 cm³/mol. The number of rotatable bonds is 4. The van der Waals surface area contributed by atoms with Crippen LogP contribution in [0.2, 0.25) is 0 Å². The summed E-state index contributed by atoms with van der Waals surface area (Å²) in [6.07, 6.45) is 5.02. The fraction of sp³-hybridized carbons (Fsp3) is 0.318. The van der Waals surface area contributed by atoms with E-state index in [2.05, 4.69) is 36.4 Å². The molecule has 2 N–H and O–H groups in total. The maximum absolute atomic E-state index is 6.19. The molecule has 1 heterocycles. The van der Waals surface area contributed by atoms with Gasteiger partial charge in [0.05, 0.1) is 5.69 Å². The predicted octanol–water partition coefficient (Wildman–Crippen LogP) is 4.06. The van der Waals surface area contributed by atoms with Gasteiger partial charge < -0.3 is 5.73 Å². The van der Waals surface area contributed by atoms with E-state index in [-0.39, 0.29) is 5.92 Å². The number of hydrogen-bond donors (Lipinski definition) is 1. The van der Waals surface area contributed by atoms with Gasteiger partial charge in [0.25, 0.3) is 0 Å². The first kappa shape index (κ1) is 16.1. The van der Waals surface area contributed by atoms with Crippen LogP contribution < -0.4 is 5.73 Å². The van der Waals surface area contributed by atoms with E-state index in [0.717, 1.165) is 11.3 Å². The van der Waals surface area contributed by atoms with E-state index >= 15 is 0 Å². The SMILES string of the molecule is Cn1nc(-c2ccccc2)cc1C(CN)c1ccc2c(c1)CCCC2. The van der Waals surface area contributed by atoms with Crippen molar-refractivity contribution in [2.45, 2.75) is 31.6 Å². The Hall–Kier alpha value is -2.39. The van der Waals surface area contributed by atoms with Gasteiger partial charge in [-0.15, -0.1) is 0 Å². The topological polar surface area (TPSA) is 43.8 Å². The van der Waals surface area contributed by atoms with Crippen molar-refractivity contribution in [3.63, 3.8) is 0 Å². The Kier molecular flexibility index (Phi) is 4.41. The minimum absolute atomic E-state index is 0.183. The highest BCUT2D eigenvalue weighted by molar-refractivity contribution is 5.59. The van der Waals surface area contributed by atoms with Crippen LogP contribution in [-0.2, 0) is 19.9 Å². The lowest BCUT2D eigenvalue weighted by molar-refractivity contribution is 0.657. The summed E-state index contributed by atoms with van der Waals surface area (Å²) in [7, 11) is 2.02. The molecule has 0 spiro atoms. The van der Waals surface area contributed by atoms with Crippen LogP contribution in [0.1, 0.15) is 41.1 Å². The molecule has 0 fully saturated rings. The summed E-state index contributed by atoms with van der Waals surface area (Å²) < 4.78 is 1.99. The molecule has 0 amide bonds. The van der Waals surface area contributed by atoms with Gasteiger partial charge in [-0.3, -0.25) is 4.68 Å². The number of hydrogen-bond acceptors (Lipinski definition) is 2. The molecule has 25 heavy (non-hydrogen) atoms. The maximum atomic E-state index is 6.19. The summed E-state index contributed by atoms with van der Waals surface area (Å²) in [5.74, 6) is 0.183. The summed E-state index contributed by atoms with van der Waals surface area (Å²) >= 11 is 0. The van der Waals surface area contributed by atoms with Crippen molar-refractivity contribution >= 4 is 0 Å². The van der Waals surface area contributed by atoms with Crippen molar-refractivity contribution in [1.82, 2.24) is 9.78 Å². The number of benzene rings is 2. The number of nitrogens with zero attached hydrogens (tertiary/aromatic N) is 2. The van der Waals surface area contributed by atoms with Gasteiger partial charge in [0, 0.05) is 30.8 Å². The van der Waals surface area contributed by atoms with Crippen molar-refractivity contribution in [2.75, 3.05) is 6.54 Å². The Labute approximate surface area is 149 Å². The van der Waals surface area contributed by atoms with Crippen LogP contribution in [0.3, 0.4) is 0 Å². The molecule has 4 rings (SSSR count). The molecule has 3 aromatic rings. The largest absolute Gasteiger partial charge is 0.329 e. The van der Waals surface area contributed by atoms with Crippen LogP contribution in [-0.4, -0.2) is 16.3 Å². The quantitative estimate of drug-likeness (QED) is 0.783. The van der Waals surface area contributed by atoms with Crippen LogP contribution in [0, 0.1) is 0 Å². The first-order valence-electron chi connectivity index (χ1n) is 9.17. The standard InChI is InChI=1S/C22H25N3/c1-25-22(14-21(24-25)17-8-3-2-4-9-17)20(15-23)19-12-11-16-7-5-6-10-18(16)13-19/h2-4,8-9,11-14,20H,5-7,10,15,23H2,1H3. The highest BCUT2D eigenvalue weighted by Gasteiger charge is 2.20. The lowest BCUT2D eigenvalue weighted by Crippen LogP contribution is -2.17. The van der Waals surface area contributed by atoms with Crippen molar-refractivity contribution < 1.29 is 0 Å². The third-order valence-corrected chi connectivity index (χ3v) is 5.35. The lowest BCUT2D eigenvalue weighted by Gasteiger charge is -2.20. The van der Waals surface area contributed by atoms with Crippen molar-refractivity contribution in [3.05, 3.63) is 77.0 Å². The Morgan fingerprint density at radius 1 is 1.00 bits per heavy atom. The average molecular weight is 331 g/mol. The van der Waals surface area contributed by atoms with Crippen molar-refractivity contribution in [3.8, 4) is 11.3 Å². The minimum atomic E-state index is 0.183. The molecule has 0 saturated heterocycles. The highest BCUT2D eigenvalue weighted by Crippen LogP contribution is 2.30. The molecule has 3 nitrogen and oxygen atoms in total. The molecule has 1 atom stereocenters. The van der Waals surface area contributed by atoms with E-state index in [9.17, 15) is 0 Å². The molecule has 2 aromatic carbocycles. The van der Waals surface area contributed by atoms with Gasteiger partial charge in [-0.1, -0.05) is 48.5 Å². The zero-order valence-electron chi connectivity index (χ0n) is 14.8. The Morgan fingerprint density at radius 2 is 1.76 bits per heavy atom. The fourth-order valence-electron chi connectivity index (χ4n) is 3.96. The van der Waals surface area contributed by atoms with E-state index in [1.165, 1.54) is 48.1 Å². The molecular formula is C22H25N3. The van der Waals surface area contributed by atoms with Gasteiger partial charge in [0.15, 0.2) is 0 Å². The van der Waals surface area contributed by atoms with Crippen LogP contribution >= 0.6 is 0 Å². The first-order chi connectivity index (χ1) is 12.3. The maximum Gasteiger partial charge on any atom is 0.0926 e.